The molecule has 1 unspecified atom stereocenters. The first-order chi connectivity index (χ1) is 13.6. The smallest absolute Gasteiger partial charge is 0.226 e. The van der Waals surface area contributed by atoms with Crippen LogP contribution in [0.3, 0.4) is 0 Å². The largest absolute Gasteiger partial charge is 0.331 e. The van der Waals surface area contributed by atoms with Crippen LogP contribution in [-0.2, 0) is 18.4 Å². The molecule has 6 heteroatoms. The summed E-state index contributed by atoms with van der Waals surface area (Å²) < 4.78 is 1.73. The first kappa shape index (κ1) is 19.5. The molecule has 1 saturated carbocycles. The Morgan fingerprint density at radius 3 is 2.82 bits per heavy atom. The Labute approximate surface area is 172 Å². The standard InChI is InChI=1S/C22H29ClN4O/c1-3-26-11-7-10-17(26)13-27(15-21-20(23)14-25(2)24-21)22(28)19-12-18(19)16-8-5-4-6-9-16/h4-6,8-9,14,17-19H,3,7,10-13,15H2,1-2H3/p+1/t17-,18+,19-/m1/s1. The Hall–Kier alpha value is -1.85. The Balaban J connectivity index is 1.50. The SMILES string of the molecule is CC[NH+]1CCC[C@@H]1CN(Cc1nn(C)cc1Cl)C(=O)[C@@H]1C[C@H]1c1ccccc1. The van der Waals surface area contributed by atoms with Crippen molar-refractivity contribution >= 4 is 17.5 Å². The van der Waals surface area contributed by atoms with E-state index in [1.54, 1.807) is 9.58 Å². The quantitative estimate of drug-likeness (QED) is 0.773. The van der Waals surface area contributed by atoms with Crippen LogP contribution in [0.15, 0.2) is 36.5 Å². The Kier molecular flexibility index (Phi) is 5.74. The fourth-order valence-electron chi connectivity index (χ4n) is 4.73. The number of carbonyl (C=O) groups excluding carboxylic acids is 1. The Morgan fingerprint density at radius 1 is 1.36 bits per heavy atom. The molecule has 1 aromatic heterocycles. The zero-order valence-electron chi connectivity index (χ0n) is 16.8. The second kappa shape index (κ2) is 8.26. The van der Waals surface area contributed by atoms with E-state index < -0.39 is 0 Å². The molecular formula is C22H30ClN4O+. The van der Waals surface area contributed by atoms with E-state index in [1.165, 1.54) is 24.9 Å². The molecule has 28 heavy (non-hydrogen) atoms. The number of hydrogen-bond acceptors (Lipinski definition) is 2. The Morgan fingerprint density at radius 2 is 2.14 bits per heavy atom. The maximum Gasteiger partial charge on any atom is 0.226 e. The third kappa shape index (κ3) is 4.11. The molecule has 5 nitrogen and oxygen atoms in total. The van der Waals surface area contributed by atoms with Crippen LogP contribution in [0.25, 0.3) is 0 Å². The Bertz CT molecular complexity index is 821. The lowest BCUT2D eigenvalue weighted by Gasteiger charge is -2.28. The molecule has 1 amide bonds. The predicted molar refractivity (Wildman–Crippen MR) is 110 cm³/mol. The topological polar surface area (TPSA) is 42.6 Å². The maximum atomic E-state index is 13.4. The van der Waals surface area contributed by atoms with Gasteiger partial charge in [-0.2, -0.15) is 5.10 Å². The van der Waals surface area contributed by atoms with Gasteiger partial charge < -0.3 is 9.80 Å². The van der Waals surface area contributed by atoms with Gasteiger partial charge in [-0.25, -0.2) is 0 Å². The summed E-state index contributed by atoms with van der Waals surface area (Å²) >= 11 is 6.36. The third-order valence-corrected chi connectivity index (χ3v) is 6.68. The minimum absolute atomic E-state index is 0.0939. The van der Waals surface area contributed by atoms with Crippen molar-refractivity contribution in [2.24, 2.45) is 13.0 Å². The molecule has 1 aliphatic heterocycles. The van der Waals surface area contributed by atoms with Crippen LogP contribution in [0.1, 0.15) is 43.4 Å². The van der Waals surface area contributed by atoms with Crippen LogP contribution >= 0.6 is 11.6 Å². The second-order valence-electron chi connectivity index (χ2n) is 8.28. The van der Waals surface area contributed by atoms with Gasteiger partial charge in [0.15, 0.2) is 0 Å². The van der Waals surface area contributed by atoms with Crippen LogP contribution in [-0.4, -0.2) is 46.3 Å². The normalized spacial score (nSPS) is 26.4. The number of nitrogens with one attached hydrogen (secondary N) is 1. The van der Waals surface area contributed by atoms with Crippen LogP contribution in [0, 0.1) is 5.92 Å². The van der Waals surface area contributed by atoms with E-state index in [2.05, 4.69) is 36.3 Å². The molecule has 2 aliphatic rings. The fourth-order valence-corrected chi connectivity index (χ4v) is 4.97. The number of halogens is 1. The number of carbonyl (C=O) groups is 1. The number of benzene rings is 1. The third-order valence-electron chi connectivity index (χ3n) is 6.36. The lowest BCUT2D eigenvalue weighted by atomic mass is 10.1. The van der Waals surface area contributed by atoms with Crippen molar-refractivity contribution in [2.45, 2.75) is 44.7 Å². The van der Waals surface area contributed by atoms with Crippen LogP contribution in [0.5, 0.6) is 0 Å². The number of nitrogens with zero attached hydrogens (tertiary/aromatic N) is 3. The summed E-state index contributed by atoms with van der Waals surface area (Å²) in [7, 11) is 1.87. The van der Waals surface area contributed by atoms with Gasteiger partial charge in [0.2, 0.25) is 5.91 Å². The minimum atomic E-state index is 0.0939. The fraction of sp³-hybridized carbons (Fsp3) is 0.545. The summed E-state index contributed by atoms with van der Waals surface area (Å²) in [5.74, 6) is 0.711. The van der Waals surface area contributed by atoms with Crippen LogP contribution in [0.4, 0.5) is 0 Å². The van der Waals surface area contributed by atoms with Crippen molar-refractivity contribution in [1.29, 1.82) is 0 Å². The van der Waals surface area contributed by atoms with Gasteiger partial charge in [0.1, 0.15) is 11.7 Å². The summed E-state index contributed by atoms with van der Waals surface area (Å²) in [5.41, 5.74) is 2.07. The zero-order chi connectivity index (χ0) is 19.7. The molecule has 4 rings (SSSR count). The van der Waals surface area contributed by atoms with Crippen molar-refractivity contribution in [3.63, 3.8) is 0 Å². The second-order valence-corrected chi connectivity index (χ2v) is 8.68. The number of aryl methyl sites for hydroxylation is 1. The molecule has 0 spiro atoms. The molecule has 1 saturated heterocycles. The zero-order valence-corrected chi connectivity index (χ0v) is 17.5. The van der Waals surface area contributed by atoms with Crippen molar-refractivity contribution in [1.82, 2.24) is 14.7 Å². The molecule has 1 aliphatic carbocycles. The highest BCUT2D eigenvalue weighted by Gasteiger charge is 2.46. The van der Waals surface area contributed by atoms with E-state index in [1.807, 2.05) is 24.2 Å². The highest BCUT2D eigenvalue weighted by atomic mass is 35.5. The molecule has 0 radical (unpaired) electrons. The van der Waals surface area contributed by atoms with E-state index in [0.717, 1.165) is 25.2 Å². The average Bonchev–Trinajstić information content (AvgIpc) is 3.27. The molecular weight excluding hydrogens is 372 g/mol. The van der Waals surface area contributed by atoms with E-state index in [0.29, 0.717) is 23.5 Å². The van der Waals surface area contributed by atoms with Gasteiger partial charge in [-0.1, -0.05) is 41.9 Å². The number of quaternary nitrogens is 1. The molecule has 4 atom stereocenters. The van der Waals surface area contributed by atoms with Crippen LogP contribution in [0.2, 0.25) is 5.02 Å². The van der Waals surface area contributed by atoms with Gasteiger partial charge in [-0.05, 0) is 24.8 Å². The monoisotopic (exact) mass is 401 g/mol. The van der Waals surface area contributed by atoms with E-state index in [9.17, 15) is 4.79 Å². The lowest BCUT2D eigenvalue weighted by molar-refractivity contribution is -0.909. The molecule has 2 heterocycles. The van der Waals surface area contributed by atoms with Gasteiger partial charge in [0.05, 0.1) is 31.2 Å². The summed E-state index contributed by atoms with van der Waals surface area (Å²) in [4.78, 5) is 17.1. The average molecular weight is 402 g/mol. The number of aromatic nitrogens is 2. The highest BCUT2D eigenvalue weighted by Crippen LogP contribution is 2.48. The van der Waals surface area contributed by atoms with E-state index >= 15 is 0 Å². The van der Waals surface area contributed by atoms with Crippen molar-refractivity contribution in [3.8, 4) is 0 Å². The molecule has 1 N–H and O–H groups in total. The number of rotatable bonds is 7. The summed E-state index contributed by atoms with van der Waals surface area (Å²) in [5, 5.41) is 5.13. The number of amides is 1. The summed E-state index contributed by atoms with van der Waals surface area (Å²) in [6, 6.07) is 10.9. The molecule has 150 valence electrons. The summed E-state index contributed by atoms with van der Waals surface area (Å²) in [6.45, 7) is 5.87. The van der Waals surface area contributed by atoms with Crippen LogP contribution < -0.4 is 4.90 Å². The van der Waals surface area contributed by atoms with Gasteiger partial charge in [0.25, 0.3) is 0 Å². The van der Waals surface area contributed by atoms with E-state index in [4.69, 9.17) is 11.6 Å². The predicted octanol–water partition coefficient (Wildman–Crippen LogP) is 2.27. The van der Waals surface area contributed by atoms with Gasteiger partial charge >= 0.3 is 0 Å². The number of hydrogen-bond donors (Lipinski definition) is 1. The lowest BCUT2D eigenvalue weighted by Crippen LogP contribution is -3.14. The maximum absolute atomic E-state index is 13.4. The van der Waals surface area contributed by atoms with Gasteiger partial charge in [-0.15, -0.1) is 0 Å². The molecule has 0 bridgehead atoms. The minimum Gasteiger partial charge on any atom is -0.331 e. The van der Waals surface area contributed by atoms with E-state index in [-0.39, 0.29) is 11.8 Å². The number of likely N-dealkylation sites (tertiary alicyclic amines) is 1. The number of likely N-dealkylation sites (N-methyl/N-ethyl adjacent to an activating group) is 1. The molecule has 1 aromatic carbocycles. The first-order valence-corrected chi connectivity index (χ1v) is 10.8. The van der Waals surface area contributed by atoms with Gasteiger partial charge in [-0.3, -0.25) is 9.48 Å². The van der Waals surface area contributed by atoms with Crippen molar-refractivity contribution in [3.05, 3.63) is 52.8 Å². The van der Waals surface area contributed by atoms with Gasteiger partial charge in [0, 0.05) is 32.0 Å². The van der Waals surface area contributed by atoms with Crippen molar-refractivity contribution < 1.29 is 9.69 Å². The summed E-state index contributed by atoms with van der Waals surface area (Å²) in [6.07, 6.45) is 5.19. The molecule has 2 fully saturated rings. The first-order valence-electron chi connectivity index (χ1n) is 10.4. The van der Waals surface area contributed by atoms with Crippen molar-refractivity contribution in [2.75, 3.05) is 19.6 Å². The molecule has 2 aromatic rings. The highest BCUT2D eigenvalue weighted by molar-refractivity contribution is 6.31.